The maximum atomic E-state index is 13.2. The van der Waals surface area contributed by atoms with Crippen LogP contribution in [0, 0.1) is 5.82 Å². The minimum absolute atomic E-state index is 0. The first kappa shape index (κ1) is 20.1. The Bertz CT molecular complexity index is 560. The molecule has 1 amide bonds. The number of hydrogen-bond acceptors (Lipinski definition) is 3. The number of halogens is 2. The number of nitrogens with zero attached hydrogens (tertiary/aromatic N) is 1. The second-order valence-electron chi connectivity index (χ2n) is 7.29. The van der Waals surface area contributed by atoms with Crippen molar-refractivity contribution >= 4 is 18.3 Å². The summed E-state index contributed by atoms with van der Waals surface area (Å²) in [6.45, 7) is 6.05. The van der Waals surface area contributed by atoms with E-state index in [9.17, 15) is 9.18 Å². The second-order valence-corrected chi connectivity index (χ2v) is 7.29. The van der Waals surface area contributed by atoms with E-state index in [0.717, 1.165) is 38.0 Å². The first-order valence-electron chi connectivity index (χ1n) is 9.07. The maximum Gasteiger partial charge on any atom is 0.234 e. The molecule has 1 saturated heterocycles. The molecule has 1 aliphatic carbocycles. The van der Waals surface area contributed by atoms with Crippen LogP contribution in [0.1, 0.15) is 38.2 Å². The number of rotatable bonds is 5. The normalized spacial score (nSPS) is 23.0. The van der Waals surface area contributed by atoms with Crippen molar-refractivity contribution in [2.45, 2.75) is 44.1 Å². The zero-order valence-corrected chi connectivity index (χ0v) is 15.7. The summed E-state index contributed by atoms with van der Waals surface area (Å²) in [7, 11) is 0. The topological polar surface area (TPSA) is 44.4 Å². The SMILES string of the molecule is C[C@@H]1CNCCN1CC(=O)NCC1(c2ccc(F)cc2)CCCC1.Cl. The Balaban J connectivity index is 0.00000225. The van der Waals surface area contributed by atoms with Crippen LogP contribution in [0.15, 0.2) is 24.3 Å². The smallest absolute Gasteiger partial charge is 0.234 e. The van der Waals surface area contributed by atoms with E-state index < -0.39 is 0 Å². The van der Waals surface area contributed by atoms with Gasteiger partial charge in [0.2, 0.25) is 5.91 Å². The molecular formula is C19H29ClFN3O. The highest BCUT2D eigenvalue weighted by Crippen LogP contribution is 2.40. The molecule has 2 aliphatic rings. The van der Waals surface area contributed by atoms with Crippen molar-refractivity contribution in [3.8, 4) is 0 Å². The largest absolute Gasteiger partial charge is 0.354 e. The van der Waals surface area contributed by atoms with E-state index in [-0.39, 0.29) is 29.5 Å². The second kappa shape index (κ2) is 8.97. The Hall–Kier alpha value is -1.17. The first-order valence-corrected chi connectivity index (χ1v) is 9.07. The molecule has 1 heterocycles. The molecule has 25 heavy (non-hydrogen) atoms. The number of nitrogens with one attached hydrogen (secondary N) is 2. The van der Waals surface area contributed by atoms with Crippen LogP contribution in [-0.4, -0.2) is 49.6 Å². The molecule has 0 aromatic heterocycles. The summed E-state index contributed by atoms with van der Waals surface area (Å²) in [5, 5.41) is 6.49. The molecule has 1 atom stereocenters. The molecule has 1 saturated carbocycles. The molecule has 0 unspecified atom stereocenters. The lowest BCUT2D eigenvalue weighted by Crippen LogP contribution is -2.53. The van der Waals surface area contributed by atoms with Gasteiger partial charge in [-0.2, -0.15) is 0 Å². The zero-order chi connectivity index (χ0) is 17.0. The molecule has 3 rings (SSSR count). The molecule has 0 spiro atoms. The van der Waals surface area contributed by atoms with E-state index >= 15 is 0 Å². The van der Waals surface area contributed by atoms with Crippen LogP contribution in [0.3, 0.4) is 0 Å². The quantitative estimate of drug-likeness (QED) is 0.838. The van der Waals surface area contributed by atoms with Gasteiger partial charge < -0.3 is 10.6 Å². The van der Waals surface area contributed by atoms with Crippen molar-refractivity contribution in [3.05, 3.63) is 35.6 Å². The minimum atomic E-state index is -0.205. The van der Waals surface area contributed by atoms with E-state index in [2.05, 4.69) is 22.5 Å². The molecule has 6 heteroatoms. The number of carbonyl (C=O) groups excluding carboxylic acids is 1. The summed E-state index contributed by atoms with van der Waals surface area (Å²) < 4.78 is 13.2. The third kappa shape index (κ3) is 4.93. The van der Waals surface area contributed by atoms with Gasteiger partial charge in [0, 0.05) is 37.6 Å². The Morgan fingerprint density at radius 1 is 1.32 bits per heavy atom. The van der Waals surface area contributed by atoms with Gasteiger partial charge in [-0.15, -0.1) is 12.4 Å². The van der Waals surface area contributed by atoms with Crippen LogP contribution >= 0.6 is 12.4 Å². The fourth-order valence-electron chi connectivity index (χ4n) is 4.05. The molecule has 0 bridgehead atoms. The lowest BCUT2D eigenvalue weighted by Gasteiger charge is -2.34. The Morgan fingerprint density at radius 2 is 2.00 bits per heavy atom. The monoisotopic (exact) mass is 369 g/mol. The molecule has 0 radical (unpaired) electrons. The number of hydrogen-bond donors (Lipinski definition) is 2. The summed E-state index contributed by atoms with van der Waals surface area (Å²) in [5.74, 6) is -0.110. The van der Waals surface area contributed by atoms with Gasteiger partial charge in [0.25, 0.3) is 0 Å². The average Bonchev–Trinajstić information content (AvgIpc) is 3.06. The zero-order valence-electron chi connectivity index (χ0n) is 14.9. The fourth-order valence-corrected chi connectivity index (χ4v) is 4.05. The van der Waals surface area contributed by atoms with Crippen LogP contribution in [0.25, 0.3) is 0 Å². The summed E-state index contributed by atoms with van der Waals surface area (Å²) in [5.41, 5.74) is 1.12. The van der Waals surface area contributed by atoms with Crippen molar-refractivity contribution < 1.29 is 9.18 Å². The highest BCUT2D eigenvalue weighted by atomic mass is 35.5. The van der Waals surface area contributed by atoms with Crippen molar-refractivity contribution in [3.63, 3.8) is 0 Å². The van der Waals surface area contributed by atoms with E-state index in [0.29, 0.717) is 19.1 Å². The van der Waals surface area contributed by atoms with Gasteiger partial charge in [0.05, 0.1) is 6.54 Å². The lowest BCUT2D eigenvalue weighted by molar-refractivity contribution is -0.123. The molecular weight excluding hydrogens is 341 g/mol. The molecule has 2 N–H and O–H groups in total. The van der Waals surface area contributed by atoms with Crippen LogP contribution in [0.2, 0.25) is 0 Å². The minimum Gasteiger partial charge on any atom is -0.354 e. The fraction of sp³-hybridized carbons (Fsp3) is 0.632. The molecule has 1 aromatic carbocycles. The molecule has 1 aliphatic heterocycles. The van der Waals surface area contributed by atoms with E-state index in [1.807, 2.05) is 12.1 Å². The highest BCUT2D eigenvalue weighted by molar-refractivity contribution is 5.85. The van der Waals surface area contributed by atoms with Crippen molar-refractivity contribution in [2.75, 3.05) is 32.7 Å². The third-order valence-electron chi connectivity index (χ3n) is 5.63. The third-order valence-corrected chi connectivity index (χ3v) is 5.63. The molecule has 2 fully saturated rings. The summed E-state index contributed by atoms with van der Waals surface area (Å²) >= 11 is 0. The van der Waals surface area contributed by atoms with Crippen molar-refractivity contribution in [2.24, 2.45) is 0 Å². The van der Waals surface area contributed by atoms with Crippen LogP contribution < -0.4 is 10.6 Å². The van der Waals surface area contributed by atoms with Gasteiger partial charge in [-0.3, -0.25) is 9.69 Å². The number of carbonyl (C=O) groups is 1. The standard InChI is InChI=1S/C19H28FN3O.ClH/c1-15-12-21-10-11-23(15)13-18(24)22-14-19(8-2-3-9-19)16-4-6-17(20)7-5-16;/h4-7,15,21H,2-3,8-14H2,1H3,(H,22,24);1H/t15-;/m1./s1. The predicted octanol–water partition coefficient (Wildman–Crippen LogP) is 2.47. The van der Waals surface area contributed by atoms with Gasteiger partial charge in [-0.25, -0.2) is 4.39 Å². The maximum absolute atomic E-state index is 13.2. The van der Waals surface area contributed by atoms with E-state index in [1.54, 1.807) is 0 Å². The molecule has 140 valence electrons. The van der Waals surface area contributed by atoms with Gasteiger partial charge in [-0.05, 0) is 37.5 Å². The summed E-state index contributed by atoms with van der Waals surface area (Å²) in [6, 6.07) is 7.21. The van der Waals surface area contributed by atoms with Crippen molar-refractivity contribution in [1.29, 1.82) is 0 Å². The van der Waals surface area contributed by atoms with Gasteiger partial charge >= 0.3 is 0 Å². The highest BCUT2D eigenvalue weighted by Gasteiger charge is 2.36. The Morgan fingerprint density at radius 3 is 2.64 bits per heavy atom. The Labute approximate surface area is 156 Å². The van der Waals surface area contributed by atoms with Crippen LogP contribution in [0.5, 0.6) is 0 Å². The van der Waals surface area contributed by atoms with Gasteiger partial charge in [-0.1, -0.05) is 25.0 Å². The average molecular weight is 370 g/mol. The van der Waals surface area contributed by atoms with E-state index in [1.165, 1.54) is 25.0 Å². The molecule has 1 aromatic rings. The van der Waals surface area contributed by atoms with Crippen molar-refractivity contribution in [1.82, 2.24) is 15.5 Å². The van der Waals surface area contributed by atoms with Gasteiger partial charge in [0.1, 0.15) is 5.82 Å². The van der Waals surface area contributed by atoms with Crippen LogP contribution in [0.4, 0.5) is 4.39 Å². The number of piperazine rings is 1. The Kier molecular flexibility index (Phi) is 7.23. The predicted molar refractivity (Wildman–Crippen MR) is 101 cm³/mol. The van der Waals surface area contributed by atoms with Crippen LogP contribution in [-0.2, 0) is 10.2 Å². The van der Waals surface area contributed by atoms with Gasteiger partial charge in [0.15, 0.2) is 0 Å². The number of amides is 1. The molecule has 4 nitrogen and oxygen atoms in total. The summed E-state index contributed by atoms with van der Waals surface area (Å²) in [4.78, 5) is 14.6. The lowest BCUT2D eigenvalue weighted by atomic mass is 9.79. The van der Waals surface area contributed by atoms with E-state index in [4.69, 9.17) is 0 Å². The first-order chi connectivity index (χ1) is 11.6. The summed E-state index contributed by atoms with van der Waals surface area (Å²) in [6.07, 6.45) is 4.45. The number of benzene rings is 1.